The summed E-state index contributed by atoms with van der Waals surface area (Å²) in [5, 5.41) is 3.86. The Hall–Kier alpha value is -4.08. The lowest BCUT2D eigenvalue weighted by atomic mass is 10.1. The van der Waals surface area contributed by atoms with E-state index in [0.717, 1.165) is 22.7 Å². The number of aliphatic imine (C=N–C) groups is 1. The zero-order chi connectivity index (χ0) is 28.5. The first-order valence-corrected chi connectivity index (χ1v) is 13.9. The summed E-state index contributed by atoms with van der Waals surface area (Å²) in [6.07, 6.45) is 1.82. The molecule has 40 heavy (non-hydrogen) atoms. The van der Waals surface area contributed by atoms with Gasteiger partial charge in [0.1, 0.15) is 12.4 Å². The highest BCUT2D eigenvalue weighted by molar-refractivity contribution is 8.18. The summed E-state index contributed by atoms with van der Waals surface area (Å²) in [5.41, 5.74) is 3.88. The number of Topliss-reactive ketones (excluding diaryl/α,β-unsaturated/α-hetero) is 1. The molecule has 0 aromatic heterocycles. The van der Waals surface area contributed by atoms with Gasteiger partial charge in [-0.15, -0.1) is 0 Å². The van der Waals surface area contributed by atoms with Crippen LogP contribution in [0.2, 0.25) is 0 Å². The highest BCUT2D eigenvalue weighted by atomic mass is 32.2. The summed E-state index contributed by atoms with van der Waals surface area (Å²) in [5.74, 6) is 0.575. The molecule has 1 heterocycles. The maximum atomic E-state index is 13.7. The highest BCUT2D eigenvalue weighted by Crippen LogP contribution is 2.37. The third kappa shape index (κ3) is 7.31. The number of hydrogen-bond donors (Lipinski definition) is 1. The molecule has 0 saturated carbocycles. The number of carbonyl (C=O) groups is 2. The van der Waals surface area contributed by atoms with Crippen molar-refractivity contribution < 1.29 is 19.1 Å². The molecule has 0 radical (unpaired) electrons. The van der Waals surface area contributed by atoms with Gasteiger partial charge in [-0.3, -0.25) is 14.5 Å². The van der Waals surface area contributed by atoms with Crippen molar-refractivity contribution in [2.75, 3.05) is 44.1 Å². The quantitative estimate of drug-likeness (QED) is 0.164. The van der Waals surface area contributed by atoms with Gasteiger partial charge in [0.2, 0.25) is 0 Å². The van der Waals surface area contributed by atoms with E-state index in [4.69, 9.17) is 14.5 Å². The van der Waals surface area contributed by atoms with Crippen LogP contribution in [0.5, 0.6) is 5.75 Å². The van der Waals surface area contributed by atoms with Crippen molar-refractivity contribution in [1.29, 1.82) is 0 Å². The predicted octanol–water partition coefficient (Wildman–Crippen LogP) is 6.09. The van der Waals surface area contributed by atoms with E-state index in [-0.39, 0.29) is 11.7 Å². The Morgan fingerprint density at radius 1 is 1.07 bits per heavy atom. The second-order valence-electron chi connectivity index (χ2n) is 9.13. The first kappa shape index (κ1) is 28.9. The first-order valence-electron chi connectivity index (χ1n) is 13.1. The summed E-state index contributed by atoms with van der Waals surface area (Å²) >= 11 is 1.32. The summed E-state index contributed by atoms with van der Waals surface area (Å²) in [7, 11) is 3.54. The number of carbonyl (C=O) groups excluding carboxylic acids is 2. The van der Waals surface area contributed by atoms with Gasteiger partial charge >= 0.3 is 0 Å². The molecule has 3 aromatic rings. The molecule has 1 N–H and O–H groups in total. The van der Waals surface area contributed by atoms with Crippen molar-refractivity contribution in [3.05, 3.63) is 95.0 Å². The molecule has 8 nitrogen and oxygen atoms in total. The lowest BCUT2D eigenvalue weighted by molar-refractivity contribution is -0.122. The summed E-state index contributed by atoms with van der Waals surface area (Å²) in [6.45, 7) is 5.60. The number of amidine groups is 1. The van der Waals surface area contributed by atoms with Crippen LogP contribution >= 0.6 is 11.8 Å². The van der Waals surface area contributed by atoms with Crippen LogP contribution in [-0.4, -0.2) is 55.7 Å². The molecule has 3 aromatic carbocycles. The topological polar surface area (TPSA) is 83.5 Å². The second kappa shape index (κ2) is 13.8. The first-order chi connectivity index (χ1) is 19.4. The van der Waals surface area contributed by atoms with Crippen LogP contribution in [0.3, 0.4) is 0 Å². The van der Waals surface area contributed by atoms with Gasteiger partial charge in [0.05, 0.1) is 29.4 Å². The number of nitrogens with zero attached hydrogens (tertiary/aromatic N) is 3. The number of ether oxygens (including phenoxy) is 2. The molecule has 1 aliphatic rings. The van der Waals surface area contributed by atoms with Crippen molar-refractivity contribution in [2.24, 2.45) is 4.99 Å². The zero-order valence-corrected chi connectivity index (χ0v) is 24.0. The van der Waals surface area contributed by atoms with E-state index >= 15 is 0 Å². The van der Waals surface area contributed by atoms with Crippen LogP contribution in [0.4, 0.5) is 17.1 Å². The molecule has 0 atom stereocenters. The van der Waals surface area contributed by atoms with Crippen LogP contribution in [0.15, 0.2) is 88.9 Å². The van der Waals surface area contributed by atoms with Crippen LogP contribution in [0.25, 0.3) is 0 Å². The van der Waals surface area contributed by atoms with Crippen molar-refractivity contribution in [3.8, 4) is 5.75 Å². The molecule has 1 saturated heterocycles. The number of nitrogens with one attached hydrogen (secondary N) is 1. The largest absolute Gasteiger partial charge is 0.491 e. The fourth-order valence-corrected chi connectivity index (χ4v) is 5.05. The molecule has 1 aliphatic heterocycles. The van der Waals surface area contributed by atoms with E-state index < -0.39 is 0 Å². The van der Waals surface area contributed by atoms with Gasteiger partial charge in [-0.2, -0.15) is 0 Å². The van der Waals surface area contributed by atoms with Gasteiger partial charge in [-0.1, -0.05) is 30.3 Å². The minimum atomic E-state index is -0.133. The van der Waals surface area contributed by atoms with Crippen LogP contribution < -0.4 is 15.0 Å². The Balaban J connectivity index is 1.65. The predicted molar refractivity (Wildman–Crippen MR) is 163 cm³/mol. The lowest BCUT2D eigenvalue weighted by Gasteiger charge is -2.17. The van der Waals surface area contributed by atoms with Crippen LogP contribution in [-0.2, 0) is 16.1 Å². The highest BCUT2D eigenvalue weighted by Gasteiger charge is 2.34. The third-order valence-electron chi connectivity index (χ3n) is 6.17. The minimum absolute atomic E-state index is 0.0434. The Labute approximate surface area is 239 Å². The SMILES string of the molecule is CCNc1ccc(C(C)=O)cc1N=C1S/C(=C\N(C)c2ccc(OCCOC)cc2)C(=O)N1Cc1ccccc1. The maximum absolute atomic E-state index is 13.7. The maximum Gasteiger partial charge on any atom is 0.268 e. The van der Waals surface area contributed by atoms with Crippen molar-refractivity contribution in [1.82, 2.24) is 4.90 Å². The molecule has 0 unspecified atom stereocenters. The van der Waals surface area contributed by atoms with Gasteiger partial charge in [0, 0.05) is 38.2 Å². The molecule has 0 bridgehead atoms. The van der Waals surface area contributed by atoms with Crippen LogP contribution in [0, 0.1) is 0 Å². The molecule has 1 fully saturated rings. The second-order valence-corrected chi connectivity index (χ2v) is 10.1. The fraction of sp³-hybridized carbons (Fsp3) is 0.258. The van der Waals surface area contributed by atoms with Gasteiger partial charge in [0.25, 0.3) is 5.91 Å². The van der Waals surface area contributed by atoms with E-state index in [2.05, 4.69) is 5.32 Å². The molecule has 9 heteroatoms. The fourth-order valence-electron chi connectivity index (χ4n) is 4.04. The Morgan fingerprint density at radius 3 is 2.50 bits per heavy atom. The van der Waals surface area contributed by atoms with Gasteiger partial charge in [-0.25, -0.2) is 4.99 Å². The zero-order valence-electron chi connectivity index (χ0n) is 23.2. The number of benzene rings is 3. The molecule has 208 valence electrons. The third-order valence-corrected chi connectivity index (χ3v) is 7.16. The number of anilines is 2. The monoisotopic (exact) mass is 558 g/mol. The lowest BCUT2D eigenvalue weighted by Crippen LogP contribution is -2.28. The van der Waals surface area contributed by atoms with Crippen molar-refractivity contribution in [2.45, 2.75) is 20.4 Å². The Kier molecular flexibility index (Phi) is 9.99. The Bertz CT molecular complexity index is 1390. The van der Waals surface area contributed by atoms with E-state index in [1.54, 1.807) is 24.1 Å². The standard InChI is InChI=1S/C31H34N4O4S/c1-5-32-27-16-11-24(22(2)36)19-28(27)33-31-35(20-23-9-7-6-8-10-23)30(37)29(40-31)21-34(3)25-12-14-26(15-13-25)39-18-17-38-4/h6-16,19,21,32H,5,17-18,20H2,1-4H3/b29-21-,33-31?. The molecular weight excluding hydrogens is 524 g/mol. The Morgan fingerprint density at radius 2 is 1.82 bits per heavy atom. The van der Waals surface area contributed by atoms with Crippen molar-refractivity contribution in [3.63, 3.8) is 0 Å². The molecule has 1 amide bonds. The van der Waals surface area contributed by atoms with E-state index in [9.17, 15) is 9.59 Å². The van der Waals surface area contributed by atoms with Crippen LogP contribution in [0.1, 0.15) is 29.8 Å². The number of amides is 1. The average Bonchev–Trinajstić information content (AvgIpc) is 3.23. The molecule has 4 rings (SSSR count). The number of hydrogen-bond acceptors (Lipinski definition) is 8. The molecule has 0 aliphatic carbocycles. The van der Waals surface area contributed by atoms with E-state index in [1.807, 2.05) is 85.7 Å². The van der Waals surface area contributed by atoms with E-state index in [1.165, 1.54) is 18.7 Å². The summed E-state index contributed by atoms with van der Waals surface area (Å²) in [6, 6.07) is 22.9. The van der Waals surface area contributed by atoms with Gasteiger partial charge in [0.15, 0.2) is 11.0 Å². The normalized spacial score (nSPS) is 15.1. The number of rotatable bonds is 12. The van der Waals surface area contributed by atoms with Crippen molar-refractivity contribution >= 4 is 45.7 Å². The van der Waals surface area contributed by atoms with Gasteiger partial charge in [-0.05, 0) is 73.6 Å². The van der Waals surface area contributed by atoms with E-state index in [0.29, 0.717) is 47.6 Å². The summed E-state index contributed by atoms with van der Waals surface area (Å²) < 4.78 is 10.7. The number of thioether (sulfide) groups is 1. The smallest absolute Gasteiger partial charge is 0.268 e. The average molecular weight is 559 g/mol. The molecule has 0 spiro atoms. The summed E-state index contributed by atoms with van der Waals surface area (Å²) in [4.78, 5) is 34.8. The number of methoxy groups -OCH3 is 1. The number of ketones is 1. The minimum Gasteiger partial charge on any atom is -0.491 e. The van der Waals surface area contributed by atoms with Gasteiger partial charge < -0.3 is 19.7 Å². The molecular formula is C31H34N4O4S.